The number of fused-ring (bicyclic) bond motifs is 2. The molecule has 1 aliphatic heterocycles. The van der Waals surface area contributed by atoms with Crippen LogP contribution in [0.4, 0.5) is 5.69 Å². The first-order valence-electron chi connectivity index (χ1n) is 8.33. The maximum Gasteiger partial charge on any atom is 0.244 e. The number of benzene rings is 2. The van der Waals surface area contributed by atoms with E-state index in [9.17, 15) is 16.8 Å². The topological polar surface area (TPSA) is 118 Å². The molecule has 0 unspecified atom stereocenters. The van der Waals surface area contributed by atoms with Gasteiger partial charge in [0.1, 0.15) is 11.3 Å². The monoisotopic (exact) mass is 429 g/mol. The maximum absolute atomic E-state index is 12.0. The van der Waals surface area contributed by atoms with Crippen molar-refractivity contribution in [2.24, 2.45) is 0 Å². The van der Waals surface area contributed by atoms with Crippen LogP contribution >= 0.6 is 0 Å². The number of aromatic nitrogens is 1. The molecule has 0 fully saturated rings. The molecule has 0 radical (unpaired) electrons. The van der Waals surface area contributed by atoms with Gasteiger partial charge in [-0.2, -0.15) is 0 Å². The quantitative estimate of drug-likeness (QED) is 0.461. The summed E-state index contributed by atoms with van der Waals surface area (Å²) < 4.78 is 58.8. The van der Waals surface area contributed by atoms with Crippen molar-refractivity contribution in [3.05, 3.63) is 53.5 Å². The Balaban J connectivity index is 1.65. The van der Waals surface area contributed by atoms with Crippen LogP contribution in [0.2, 0.25) is 0 Å². The van der Waals surface area contributed by atoms with Gasteiger partial charge in [0.05, 0.1) is 15.5 Å². The SMILES string of the molecule is C#CS(=O)(=O)c1ccc2c(c1)[N-]/C(=C\c1nc3cc(S(=O)(=O)CC)ccc3o1)O2. The van der Waals surface area contributed by atoms with Gasteiger partial charge in [-0.25, -0.2) is 21.8 Å². The van der Waals surface area contributed by atoms with Crippen molar-refractivity contribution >= 4 is 42.5 Å². The number of ether oxygens (including phenoxy) is 1. The van der Waals surface area contributed by atoms with E-state index in [-0.39, 0.29) is 27.3 Å². The molecule has 8 nitrogen and oxygen atoms in total. The molecule has 0 saturated carbocycles. The van der Waals surface area contributed by atoms with Gasteiger partial charge >= 0.3 is 0 Å². The predicted octanol–water partition coefficient (Wildman–Crippen LogP) is 3.38. The molecule has 0 saturated heterocycles. The minimum Gasteiger partial charge on any atom is -0.624 e. The molecule has 29 heavy (non-hydrogen) atoms. The lowest BCUT2D eigenvalue weighted by Gasteiger charge is -2.11. The molecule has 0 atom stereocenters. The van der Waals surface area contributed by atoms with Crippen molar-refractivity contribution in [1.82, 2.24) is 4.98 Å². The molecular weight excluding hydrogens is 416 g/mol. The fourth-order valence-corrected chi connectivity index (χ4v) is 4.22. The lowest BCUT2D eigenvalue weighted by Crippen LogP contribution is -2.03. The highest BCUT2D eigenvalue weighted by atomic mass is 32.2. The summed E-state index contributed by atoms with van der Waals surface area (Å²) in [5, 5.41) is 5.95. The highest BCUT2D eigenvalue weighted by Crippen LogP contribution is 2.44. The van der Waals surface area contributed by atoms with Crippen molar-refractivity contribution in [3.63, 3.8) is 0 Å². The van der Waals surface area contributed by atoms with Gasteiger partial charge in [0, 0.05) is 17.2 Å². The summed E-state index contributed by atoms with van der Waals surface area (Å²) in [5.74, 6) is 0.646. The molecule has 4 rings (SSSR count). The van der Waals surface area contributed by atoms with Crippen molar-refractivity contribution in [1.29, 1.82) is 0 Å². The molecular formula is C19H13N2O6S2-. The molecule has 3 aromatic rings. The number of rotatable bonds is 4. The molecule has 0 N–H and O–H groups in total. The Labute approximate surface area is 167 Å². The van der Waals surface area contributed by atoms with Crippen LogP contribution in [0.1, 0.15) is 12.8 Å². The first-order chi connectivity index (χ1) is 13.7. The van der Waals surface area contributed by atoms with Gasteiger partial charge in [-0.3, -0.25) is 0 Å². The zero-order valence-electron chi connectivity index (χ0n) is 15.0. The van der Waals surface area contributed by atoms with Crippen LogP contribution in [-0.4, -0.2) is 27.6 Å². The van der Waals surface area contributed by atoms with Gasteiger partial charge in [-0.1, -0.05) is 18.7 Å². The summed E-state index contributed by atoms with van der Waals surface area (Å²) in [4.78, 5) is 4.35. The van der Waals surface area contributed by atoms with E-state index in [0.717, 1.165) is 0 Å². The first kappa shape index (κ1) is 19.0. The third-order valence-corrected chi connectivity index (χ3v) is 7.12. The van der Waals surface area contributed by atoms with E-state index in [1.165, 1.54) is 42.5 Å². The lowest BCUT2D eigenvalue weighted by molar-refractivity contribution is 0.463. The van der Waals surface area contributed by atoms with Crippen molar-refractivity contribution in [2.75, 3.05) is 5.75 Å². The summed E-state index contributed by atoms with van der Waals surface area (Å²) in [6, 6.07) is 8.55. The number of terminal acetylenes is 1. The fraction of sp³-hybridized carbons (Fsp3) is 0.105. The smallest absolute Gasteiger partial charge is 0.244 e. The van der Waals surface area contributed by atoms with E-state index < -0.39 is 19.7 Å². The molecule has 2 heterocycles. The Morgan fingerprint density at radius 2 is 1.90 bits per heavy atom. The normalized spacial score (nSPS) is 15.0. The van der Waals surface area contributed by atoms with E-state index in [1.807, 2.05) is 0 Å². The first-order valence-corrected chi connectivity index (χ1v) is 11.5. The highest BCUT2D eigenvalue weighted by Gasteiger charge is 2.16. The summed E-state index contributed by atoms with van der Waals surface area (Å²) in [7, 11) is -7.18. The third kappa shape index (κ3) is 3.46. The van der Waals surface area contributed by atoms with E-state index in [1.54, 1.807) is 12.2 Å². The van der Waals surface area contributed by atoms with Crippen LogP contribution < -0.4 is 4.74 Å². The number of hydrogen-bond donors (Lipinski definition) is 0. The molecule has 0 amide bonds. The Bertz CT molecular complexity index is 1430. The van der Waals surface area contributed by atoms with Gasteiger partial charge in [0.15, 0.2) is 15.4 Å². The van der Waals surface area contributed by atoms with E-state index >= 15 is 0 Å². The summed E-state index contributed by atoms with van der Waals surface area (Å²) in [5.41, 5.74) is 1.09. The number of sulfone groups is 2. The Hall–Kier alpha value is -3.29. The molecule has 0 spiro atoms. The summed E-state index contributed by atoms with van der Waals surface area (Å²) >= 11 is 0. The van der Waals surface area contributed by atoms with E-state index in [4.69, 9.17) is 15.6 Å². The number of hydrogen-bond acceptors (Lipinski definition) is 7. The molecule has 148 valence electrons. The van der Waals surface area contributed by atoms with Crippen molar-refractivity contribution < 1.29 is 26.0 Å². The zero-order chi connectivity index (χ0) is 20.8. The van der Waals surface area contributed by atoms with Crippen molar-refractivity contribution in [2.45, 2.75) is 16.7 Å². The predicted molar refractivity (Wildman–Crippen MR) is 106 cm³/mol. The van der Waals surface area contributed by atoms with Crippen LogP contribution in [0.15, 0.2) is 56.5 Å². The second kappa shape index (κ2) is 6.65. The third-order valence-electron chi connectivity index (χ3n) is 4.20. The minimum atomic E-state index is -3.82. The van der Waals surface area contributed by atoms with Crippen molar-refractivity contribution in [3.8, 4) is 17.4 Å². The van der Waals surface area contributed by atoms with Crippen LogP contribution in [-0.2, 0) is 19.7 Å². The Morgan fingerprint density at radius 1 is 1.14 bits per heavy atom. The lowest BCUT2D eigenvalue weighted by atomic mass is 10.3. The van der Waals surface area contributed by atoms with Gasteiger partial charge in [-0.05, 0) is 30.3 Å². The standard InChI is InChI=1S/C19H13N2O6S2/c1-3-28(22,23)12-5-7-16-14(9-12)20-18(26-16)11-19-21-15-10-13(29(24,25)4-2)6-8-17(15)27-19/h1,5-11H,4H2,2H3/q-1/b18-11+. The fourth-order valence-electron chi connectivity index (χ4n) is 2.67. The largest absolute Gasteiger partial charge is 0.624 e. The maximum atomic E-state index is 12.0. The molecule has 2 aromatic carbocycles. The van der Waals surface area contributed by atoms with Gasteiger partial charge in [0.2, 0.25) is 15.7 Å². The molecule has 1 aromatic heterocycles. The molecule has 1 aliphatic rings. The van der Waals surface area contributed by atoms with Crippen LogP contribution in [0, 0.1) is 11.7 Å². The second-order valence-electron chi connectivity index (χ2n) is 6.03. The molecule has 0 aliphatic carbocycles. The number of nitrogens with zero attached hydrogens (tertiary/aromatic N) is 2. The average molecular weight is 429 g/mol. The summed E-state index contributed by atoms with van der Waals surface area (Å²) in [6.45, 7) is 1.56. The van der Waals surface area contributed by atoms with Crippen LogP contribution in [0.5, 0.6) is 5.75 Å². The van der Waals surface area contributed by atoms with Gasteiger partial charge in [-0.15, -0.1) is 6.42 Å². The van der Waals surface area contributed by atoms with Gasteiger partial charge < -0.3 is 14.5 Å². The van der Waals surface area contributed by atoms with Crippen LogP contribution in [0.3, 0.4) is 0 Å². The molecule has 10 heteroatoms. The number of oxazole rings is 1. The Kier molecular flexibility index (Phi) is 4.37. The molecule has 0 bridgehead atoms. The zero-order valence-corrected chi connectivity index (χ0v) is 16.6. The second-order valence-corrected chi connectivity index (χ2v) is 10.0. The van der Waals surface area contributed by atoms with Gasteiger partial charge in [0.25, 0.3) is 0 Å². The van der Waals surface area contributed by atoms with E-state index in [2.05, 4.69) is 10.3 Å². The minimum absolute atomic E-state index is 0.0182. The average Bonchev–Trinajstić information content (AvgIpc) is 3.29. The summed E-state index contributed by atoms with van der Waals surface area (Å²) in [6.07, 6.45) is 6.45. The Morgan fingerprint density at radius 3 is 2.62 bits per heavy atom. The highest BCUT2D eigenvalue weighted by molar-refractivity contribution is 7.96. The van der Waals surface area contributed by atoms with Crippen LogP contribution in [0.25, 0.3) is 22.5 Å². The van der Waals surface area contributed by atoms with E-state index in [0.29, 0.717) is 22.5 Å².